The van der Waals surface area contributed by atoms with Crippen molar-refractivity contribution < 1.29 is 17.6 Å². The smallest absolute Gasteiger partial charge is 0.320 e. The summed E-state index contributed by atoms with van der Waals surface area (Å²) < 4.78 is 39.2. The Bertz CT molecular complexity index is 743. The van der Waals surface area contributed by atoms with E-state index >= 15 is 0 Å². The predicted molar refractivity (Wildman–Crippen MR) is 85.4 cm³/mol. The molecule has 6 nitrogen and oxygen atoms in total. The molecular formula is C14H17ClFN3O3S. The summed E-state index contributed by atoms with van der Waals surface area (Å²) in [6.45, 7) is 0.549. The number of carbonyl (C=O) groups excluding carboxylic acids is 1. The van der Waals surface area contributed by atoms with Crippen LogP contribution in [0.25, 0.3) is 0 Å². The van der Waals surface area contributed by atoms with E-state index in [0.29, 0.717) is 6.54 Å². The second-order valence-electron chi connectivity index (χ2n) is 6.11. The SMILES string of the molecule is CS(=O)(=O)NC1CC2CC1N(C(=O)Nc1ccc(Cl)cc1F)C2. The second kappa shape index (κ2) is 5.92. The number of urea groups is 1. The van der Waals surface area contributed by atoms with Gasteiger partial charge in [0.25, 0.3) is 0 Å². The summed E-state index contributed by atoms with van der Waals surface area (Å²) in [5.74, 6) is -0.346. The fourth-order valence-electron chi connectivity index (χ4n) is 3.44. The highest BCUT2D eigenvalue weighted by Crippen LogP contribution is 2.38. The van der Waals surface area contributed by atoms with E-state index in [9.17, 15) is 17.6 Å². The molecule has 3 atom stereocenters. The Kier molecular flexibility index (Phi) is 4.24. The lowest BCUT2D eigenvalue weighted by Gasteiger charge is -2.33. The maximum Gasteiger partial charge on any atom is 0.322 e. The van der Waals surface area contributed by atoms with Crippen LogP contribution in [0.15, 0.2) is 18.2 Å². The summed E-state index contributed by atoms with van der Waals surface area (Å²) in [7, 11) is -3.33. The molecule has 1 aliphatic heterocycles. The third kappa shape index (κ3) is 3.59. The second-order valence-corrected chi connectivity index (χ2v) is 8.32. The third-order valence-electron chi connectivity index (χ3n) is 4.28. The summed E-state index contributed by atoms with van der Waals surface area (Å²) in [5.41, 5.74) is 0.0507. The van der Waals surface area contributed by atoms with Crippen LogP contribution in [-0.4, -0.2) is 44.2 Å². The van der Waals surface area contributed by atoms with Crippen LogP contribution >= 0.6 is 11.6 Å². The Balaban J connectivity index is 1.71. The van der Waals surface area contributed by atoms with E-state index in [1.165, 1.54) is 12.1 Å². The van der Waals surface area contributed by atoms with Gasteiger partial charge < -0.3 is 10.2 Å². The van der Waals surface area contributed by atoms with Gasteiger partial charge in [0.1, 0.15) is 5.82 Å². The van der Waals surface area contributed by atoms with Crippen molar-refractivity contribution in [3.63, 3.8) is 0 Å². The number of hydrogen-bond donors (Lipinski definition) is 2. The highest BCUT2D eigenvalue weighted by atomic mass is 35.5. The number of hydrogen-bond acceptors (Lipinski definition) is 3. The lowest BCUT2D eigenvalue weighted by molar-refractivity contribution is 0.183. The Morgan fingerprint density at radius 1 is 1.39 bits per heavy atom. The molecule has 2 N–H and O–H groups in total. The number of benzene rings is 1. The molecule has 1 heterocycles. The molecule has 1 aromatic carbocycles. The first-order chi connectivity index (χ1) is 10.7. The topological polar surface area (TPSA) is 78.5 Å². The maximum absolute atomic E-state index is 13.8. The molecule has 3 rings (SSSR count). The number of sulfonamides is 1. The summed E-state index contributed by atoms with van der Waals surface area (Å²) >= 11 is 5.68. The number of amides is 2. The van der Waals surface area contributed by atoms with Gasteiger partial charge in [-0.2, -0.15) is 0 Å². The lowest BCUT2D eigenvalue weighted by atomic mass is 10.1. The first kappa shape index (κ1) is 16.5. The number of halogens is 2. The number of anilines is 1. The van der Waals surface area contributed by atoms with Crippen molar-refractivity contribution in [2.24, 2.45) is 5.92 Å². The average molecular weight is 362 g/mol. The fraction of sp³-hybridized carbons (Fsp3) is 0.500. The summed E-state index contributed by atoms with van der Waals surface area (Å²) in [5, 5.41) is 2.77. The number of likely N-dealkylation sites (tertiary alicyclic amines) is 1. The van der Waals surface area contributed by atoms with Gasteiger partial charge in [0.2, 0.25) is 10.0 Å². The molecule has 2 aliphatic rings. The van der Waals surface area contributed by atoms with E-state index in [4.69, 9.17) is 11.6 Å². The number of fused-ring (bicyclic) bond motifs is 2. The summed E-state index contributed by atoms with van der Waals surface area (Å²) in [6.07, 6.45) is 2.58. The molecule has 2 amide bonds. The molecule has 0 aromatic heterocycles. The number of carbonyl (C=O) groups is 1. The zero-order valence-electron chi connectivity index (χ0n) is 12.4. The zero-order valence-corrected chi connectivity index (χ0v) is 14.0. The highest BCUT2D eigenvalue weighted by Gasteiger charge is 2.47. The molecule has 1 aliphatic carbocycles. The van der Waals surface area contributed by atoms with Crippen LogP contribution in [0.2, 0.25) is 5.02 Å². The number of nitrogens with zero attached hydrogens (tertiary/aromatic N) is 1. The van der Waals surface area contributed by atoms with Gasteiger partial charge in [-0.25, -0.2) is 22.3 Å². The van der Waals surface area contributed by atoms with Crippen LogP contribution < -0.4 is 10.0 Å². The number of piperidine rings is 1. The van der Waals surface area contributed by atoms with Crippen molar-refractivity contribution in [1.29, 1.82) is 0 Å². The Labute approximate surface area is 139 Å². The van der Waals surface area contributed by atoms with Crippen LogP contribution in [-0.2, 0) is 10.0 Å². The molecule has 23 heavy (non-hydrogen) atoms. The molecule has 3 unspecified atom stereocenters. The molecule has 1 saturated heterocycles. The van der Waals surface area contributed by atoms with Gasteiger partial charge >= 0.3 is 6.03 Å². The Morgan fingerprint density at radius 2 is 2.13 bits per heavy atom. The molecule has 1 aromatic rings. The van der Waals surface area contributed by atoms with Crippen LogP contribution in [0.5, 0.6) is 0 Å². The van der Waals surface area contributed by atoms with E-state index < -0.39 is 21.9 Å². The molecule has 2 bridgehead atoms. The fourth-order valence-corrected chi connectivity index (χ4v) is 4.40. The van der Waals surface area contributed by atoms with Crippen molar-refractivity contribution in [3.05, 3.63) is 29.0 Å². The highest BCUT2D eigenvalue weighted by molar-refractivity contribution is 7.88. The normalized spacial score (nSPS) is 26.6. The predicted octanol–water partition coefficient (Wildman–Crippen LogP) is 2.02. The van der Waals surface area contributed by atoms with Gasteiger partial charge in [0.05, 0.1) is 18.0 Å². The van der Waals surface area contributed by atoms with E-state index in [-0.39, 0.29) is 28.7 Å². The Morgan fingerprint density at radius 3 is 2.74 bits per heavy atom. The molecule has 2 fully saturated rings. The van der Waals surface area contributed by atoms with Crippen molar-refractivity contribution >= 4 is 33.3 Å². The number of nitrogens with one attached hydrogen (secondary N) is 2. The van der Waals surface area contributed by atoms with Gasteiger partial charge in [-0.1, -0.05) is 11.6 Å². The molecule has 0 spiro atoms. The molecule has 1 saturated carbocycles. The van der Waals surface area contributed by atoms with Gasteiger partial charge in [-0.3, -0.25) is 0 Å². The van der Waals surface area contributed by atoms with Crippen molar-refractivity contribution in [1.82, 2.24) is 9.62 Å². The van der Waals surface area contributed by atoms with Gasteiger partial charge in [-0.15, -0.1) is 0 Å². The van der Waals surface area contributed by atoms with E-state index in [1.54, 1.807) is 4.90 Å². The number of rotatable bonds is 3. The van der Waals surface area contributed by atoms with Crippen LogP contribution in [0, 0.1) is 11.7 Å². The lowest BCUT2D eigenvalue weighted by Crippen LogP contribution is -2.52. The minimum atomic E-state index is -3.33. The standard InChI is InChI=1S/C14H17ClFN3O3S/c1-23(21,22)18-12-4-8-5-13(12)19(7-8)14(20)17-11-3-2-9(15)6-10(11)16/h2-3,6,8,12-13,18H,4-5,7H2,1H3,(H,17,20). The largest absolute Gasteiger partial charge is 0.322 e. The van der Waals surface area contributed by atoms with Crippen molar-refractivity contribution in [3.8, 4) is 0 Å². The maximum atomic E-state index is 13.8. The van der Waals surface area contributed by atoms with Crippen LogP contribution in [0.1, 0.15) is 12.8 Å². The van der Waals surface area contributed by atoms with E-state index in [2.05, 4.69) is 10.0 Å². The van der Waals surface area contributed by atoms with Crippen LogP contribution in [0.4, 0.5) is 14.9 Å². The van der Waals surface area contributed by atoms with Crippen LogP contribution in [0.3, 0.4) is 0 Å². The first-order valence-corrected chi connectivity index (χ1v) is 9.50. The zero-order chi connectivity index (χ0) is 16.8. The quantitative estimate of drug-likeness (QED) is 0.864. The molecule has 126 valence electrons. The minimum Gasteiger partial charge on any atom is -0.320 e. The monoisotopic (exact) mass is 361 g/mol. The van der Waals surface area contributed by atoms with E-state index in [0.717, 1.165) is 25.2 Å². The summed E-state index contributed by atoms with van der Waals surface area (Å²) in [4.78, 5) is 14.0. The third-order valence-corrected chi connectivity index (χ3v) is 5.25. The molecule has 9 heteroatoms. The van der Waals surface area contributed by atoms with Gasteiger partial charge in [-0.05, 0) is 37.0 Å². The average Bonchev–Trinajstić information content (AvgIpc) is 2.99. The first-order valence-electron chi connectivity index (χ1n) is 7.23. The van der Waals surface area contributed by atoms with Gasteiger partial charge in [0.15, 0.2) is 0 Å². The Hall–Kier alpha value is -1.38. The van der Waals surface area contributed by atoms with Gasteiger partial charge in [0, 0.05) is 17.6 Å². The molecular weight excluding hydrogens is 345 g/mol. The van der Waals surface area contributed by atoms with E-state index in [1.807, 2.05) is 0 Å². The van der Waals surface area contributed by atoms with Crippen molar-refractivity contribution in [2.45, 2.75) is 24.9 Å². The van der Waals surface area contributed by atoms with Crippen molar-refractivity contribution in [2.75, 3.05) is 18.1 Å². The summed E-state index contributed by atoms with van der Waals surface area (Å²) in [6, 6.07) is 3.09. The minimum absolute atomic E-state index is 0.0507. The molecule has 0 radical (unpaired) electrons.